The van der Waals surface area contributed by atoms with Gasteiger partial charge in [0.25, 0.3) is 5.56 Å². The molecule has 3 aromatic rings. The van der Waals surface area contributed by atoms with Crippen LogP contribution in [-0.4, -0.2) is 48.6 Å². The van der Waals surface area contributed by atoms with Gasteiger partial charge >= 0.3 is 0 Å². The molecule has 4 rings (SSSR count). The number of hydrogen-bond donors (Lipinski definition) is 1. The zero-order valence-corrected chi connectivity index (χ0v) is 24.3. The zero-order valence-electron chi connectivity index (χ0n) is 23.5. The van der Waals surface area contributed by atoms with Crippen LogP contribution in [0.4, 0.5) is 5.69 Å². The molecule has 8 nitrogen and oxygen atoms in total. The summed E-state index contributed by atoms with van der Waals surface area (Å²) in [7, 11) is 1.48. The fraction of sp³-hybridized carbons (Fsp3) is 0.387. The Morgan fingerprint density at radius 1 is 1.12 bits per heavy atom. The number of nitrogens with one attached hydrogen (secondary N) is 1. The van der Waals surface area contributed by atoms with E-state index in [4.69, 9.17) is 25.8 Å². The molecule has 0 saturated carbocycles. The molecule has 0 fully saturated rings. The van der Waals surface area contributed by atoms with Gasteiger partial charge in [-0.2, -0.15) is 0 Å². The lowest BCUT2D eigenvalue weighted by atomic mass is 9.96. The Balaban J connectivity index is 1.73. The molecule has 1 aromatic heterocycles. The number of benzene rings is 2. The lowest BCUT2D eigenvalue weighted by Gasteiger charge is -2.24. The third-order valence-electron chi connectivity index (χ3n) is 6.65. The van der Waals surface area contributed by atoms with Gasteiger partial charge in [-0.25, -0.2) is 0 Å². The Kier molecular flexibility index (Phi) is 9.01. The molecule has 40 heavy (non-hydrogen) atoms. The van der Waals surface area contributed by atoms with Crippen molar-refractivity contribution in [3.8, 4) is 22.6 Å². The second-order valence-corrected chi connectivity index (χ2v) is 11.2. The fourth-order valence-corrected chi connectivity index (χ4v) is 4.90. The molecule has 0 saturated heterocycles. The van der Waals surface area contributed by atoms with Gasteiger partial charge in [0, 0.05) is 41.8 Å². The molecule has 2 aromatic carbocycles. The Morgan fingerprint density at radius 3 is 2.60 bits per heavy atom. The number of rotatable bonds is 10. The predicted octanol–water partition coefficient (Wildman–Crippen LogP) is 5.74. The molecule has 0 amide bonds. The van der Waals surface area contributed by atoms with Crippen LogP contribution >= 0.6 is 11.6 Å². The van der Waals surface area contributed by atoms with Gasteiger partial charge in [-0.1, -0.05) is 17.7 Å². The number of nitrogens with zero attached hydrogens (tertiary/aromatic N) is 1. The number of carbonyl (C=O) groups excluding carboxylic acids is 2. The first-order chi connectivity index (χ1) is 19.0. The van der Waals surface area contributed by atoms with Gasteiger partial charge in [-0.15, -0.1) is 0 Å². The standard InChI is InChI=1S/C31H35ClN2O6/c1-19(35)22-8-7-21(32)16-23(22)24-17-30(37)34(18-29(24)38-5)26(10-12-40-31(2,3)4)27(36)14-20-6-9-25-28(15-20)39-13-11-33-25/h6-9,15-18,26,33H,10-14H2,1-5H3. The first-order valence-corrected chi connectivity index (χ1v) is 13.6. The van der Waals surface area contributed by atoms with Crippen molar-refractivity contribution in [1.29, 1.82) is 0 Å². The van der Waals surface area contributed by atoms with Crippen LogP contribution in [0.5, 0.6) is 11.5 Å². The Labute approximate surface area is 239 Å². The van der Waals surface area contributed by atoms with E-state index in [-0.39, 0.29) is 31.0 Å². The SMILES string of the molecule is COc1cn(C(CCOC(C)(C)C)C(=O)Cc2ccc3c(c2)OCCN3)c(=O)cc1-c1cc(Cl)ccc1C(C)=O. The highest BCUT2D eigenvalue weighted by molar-refractivity contribution is 6.31. The fourth-order valence-electron chi connectivity index (χ4n) is 4.73. The number of halogens is 1. The van der Waals surface area contributed by atoms with E-state index in [1.165, 1.54) is 30.9 Å². The highest BCUT2D eigenvalue weighted by Crippen LogP contribution is 2.34. The number of hydrogen-bond acceptors (Lipinski definition) is 7. The maximum absolute atomic E-state index is 13.8. The van der Waals surface area contributed by atoms with Crippen molar-refractivity contribution >= 4 is 28.9 Å². The predicted molar refractivity (Wildman–Crippen MR) is 156 cm³/mol. The summed E-state index contributed by atoms with van der Waals surface area (Å²) >= 11 is 6.24. The van der Waals surface area contributed by atoms with Crippen molar-refractivity contribution in [3.05, 3.63) is 75.2 Å². The van der Waals surface area contributed by atoms with E-state index in [1.807, 2.05) is 39.0 Å². The number of carbonyl (C=O) groups is 2. The van der Waals surface area contributed by atoms with Crippen LogP contribution in [0.3, 0.4) is 0 Å². The molecule has 1 aliphatic rings. The van der Waals surface area contributed by atoms with Gasteiger partial charge in [0.1, 0.15) is 18.1 Å². The molecular formula is C31H35ClN2O6. The van der Waals surface area contributed by atoms with Gasteiger partial charge < -0.3 is 24.1 Å². The van der Waals surface area contributed by atoms with Crippen LogP contribution in [0, 0.1) is 0 Å². The normalized spacial score (nSPS) is 13.6. The minimum Gasteiger partial charge on any atom is -0.495 e. The van der Waals surface area contributed by atoms with Crippen molar-refractivity contribution in [1.82, 2.24) is 4.57 Å². The van der Waals surface area contributed by atoms with Crippen LogP contribution in [0.1, 0.15) is 56.1 Å². The monoisotopic (exact) mass is 566 g/mol. The molecule has 0 radical (unpaired) electrons. The topological polar surface area (TPSA) is 95.9 Å². The maximum atomic E-state index is 13.8. The van der Waals surface area contributed by atoms with Crippen molar-refractivity contribution in [2.75, 3.05) is 32.2 Å². The first-order valence-electron chi connectivity index (χ1n) is 13.2. The summed E-state index contributed by atoms with van der Waals surface area (Å²) in [6.07, 6.45) is 1.93. The molecule has 1 N–H and O–H groups in total. The first kappa shape index (κ1) is 29.4. The Hall–Kier alpha value is -3.62. The van der Waals surface area contributed by atoms with Crippen molar-refractivity contribution < 1.29 is 23.8 Å². The van der Waals surface area contributed by atoms with E-state index < -0.39 is 17.2 Å². The van der Waals surface area contributed by atoms with E-state index in [0.29, 0.717) is 39.8 Å². The third kappa shape index (κ3) is 6.92. The summed E-state index contributed by atoms with van der Waals surface area (Å²) in [5.74, 6) is 0.724. The molecule has 0 bridgehead atoms. The van der Waals surface area contributed by atoms with Crippen LogP contribution in [0.15, 0.2) is 53.5 Å². The van der Waals surface area contributed by atoms with E-state index in [1.54, 1.807) is 18.2 Å². The van der Waals surface area contributed by atoms with Crippen LogP contribution in [0.25, 0.3) is 11.1 Å². The molecule has 212 valence electrons. The third-order valence-corrected chi connectivity index (χ3v) is 6.88. The maximum Gasteiger partial charge on any atom is 0.252 e. The summed E-state index contributed by atoms with van der Waals surface area (Å²) < 4.78 is 18.7. The second kappa shape index (κ2) is 12.3. The average molecular weight is 567 g/mol. The molecule has 1 atom stereocenters. The summed E-state index contributed by atoms with van der Waals surface area (Å²) in [4.78, 5) is 39.6. The quantitative estimate of drug-likeness (QED) is 0.312. The van der Waals surface area contributed by atoms with Crippen molar-refractivity contribution in [3.63, 3.8) is 0 Å². The van der Waals surface area contributed by atoms with Gasteiger partial charge in [0.2, 0.25) is 0 Å². The summed E-state index contributed by atoms with van der Waals surface area (Å²) in [5, 5.41) is 3.69. The van der Waals surface area contributed by atoms with E-state index in [0.717, 1.165) is 17.8 Å². The molecule has 1 unspecified atom stereocenters. The van der Waals surface area contributed by atoms with E-state index in [9.17, 15) is 14.4 Å². The van der Waals surface area contributed by atoms with Gasteiger partial charge in [-0.05, 0) is 75.6 Å². The molecule has 2 heterocycles. The van der Waals surface area contributed by atoms with Crippen molar-refractivity contribution in [2.24, 2.45) is 0 Å². The summed E-state index contributed by atoms with van der Waals surface area (Å²) in [6, 6.07) is 11.1. The number of methoxy groups -OCH3 is 1. The van der Waals surface area contributed by atoms with Crippen molar-refractivity contribution in [2.45, 2.75) is 52.2 Å². The minimum absolute atomic E-state index is 0.107. The van der Waals surface area contributed by atoms with Gasteiger partial charge in [-0.3, -0.25) is 14.4 Å². The van der Waals surface area contributed by atoms with E-state index in [2.05, 4.69) is 5.32 Å². The molecule has 0 spiro atoms. The molecule has 9 heteroatoms. The summed E-state index contributed by atoms with van der Waals surface area (Å²) in [5.41, 5.74) is 2.19. The number of pyridine rings is 1. The highest BCUT2D eigenvalue weighted by atomic mass is 35.5. The number of ether oxygens (including phenoxy) is 3. The van der Waals surface area contributed by atoms with Crippen LogP contribution < -0.4 is 20.3 Å². The lowest BCUT2D eigenvalue weighted by Crippen LogP contribution is -2.32. The second-order valence-electron chi connectivity index (χ2n) is 10.8. The minimum atomic E-state index is -0.806. The Morgan fingerprint density at radius 2 is 1.90 bits per heavy atom. The smallest absolute Gasteiger partial charge is 0.252 e. The number of aromatic nitrogens is 1. The largest absolute Gasteiger partial charge is 0.495 e. The number of fused-ring (bicyclic) bond motifs is 1. The van der Waals surface area contributed by atoms with Crippen LogP contribution in [0.2, 0.25) is 5.02 Å². The Bertz CT molecular complexity index is 1470. The van der Waals surface area contributed by atoms with E-state index >= 15 is 0 Å². The number of ketones is 2. The lowest BCUT2D eigenvalue weighted by molar-refractivity contribution is -0.122. The van der Waals surface area contributed by atoms with Crippen LogP contribution in [-0.2, 0) is 16.0 Å². The zero-order chi connectivity index (χ0) is 29.0. The number of anilines is 1. The summed E-state index contributed by atoms with van der Waals surface area (Å²) in [6.45, 7) is 8.82. The molecule has 1 aliphatic heterocycles. The van der Waals surface area contributed by atoms with Gasteiger partial charge in [0.15, 0.2) is 11.6 Å². The molecule has 0 aliphatic carbocycles. The average Bonchev–Trinajstić information content (AvgIpc) is 2.90. The number of Topliss-reactive ketones (excluding diaryl/α,β-unsaturated/α-hetero) is 2. The van der Waals surface area contributed by atoms with Gasteiger partial charge in [0.05, 0.1) is 30.6 Å². The highest BCUT2D eigenvalue weighted by Gasteiger charge is 2.26. The molecular weight excluding hydrogens is 532 g/mol.